The molecular weight excluding hydrogens is 304 g/mol. The van der Waals surface area contributed by atoms with Gasteiger partial charge in [-0.2, -0.15) is 0 Å². The molecule has 1 fully saturated rings. The first kappa shape index (κ1) is 16.5. The summed E-state index contributed by atoms with van der Waals surface area (Å²) in [5.74, 6) is 0.839. The Morgan fingerprint density at radius 2 is 1.83 bits per heavy atom. The first-order valence-electron chi connectivity index (χ1n) is 7.99. The number of nitrogens with two attached hydrogens (primary N) is 1. The van der Waals surface area contributed by atoms with Crippen molar-refractivity contribution >= 4 is 12.0 Å². The lowest BCUT2D eigenvalue weighted by atomic mass is 10.0. The Bertz CT molecular complexity index is 670. The summed E-state index contributed by atoms with van der Waals surface area (Å²) in [6, 6.07) is 15.9. The van der Waals surface area contributed by atoms with E-state index in [9.17, 15) is 4.79 Å². The Hall–Kier alpha value is -2.37. The molecule has 2 aromatic carbocycles. The monoisotopic (exact) mass is 326 g/mol. The third-order valence-electron chi connectivity index (χ3n) is 4.35. The van der Waals surface area contributed by atoms with E-state index in [4.69, 9.17) is 15.2 Å². The zero-order valence-electron chi connectivity index (χ0n) is 13.7. The Morgan fingerprint density at radius 3 is 2.46 bits per heavy atom. The summed E-state index contributed by atoms with van der Waals surface area (Å²) in [5, 5.41) is 0. The van der Waals surface area contributed by atoms with Crippen LogP contribution in [-0.4, -0.2) is 37.2 Å². The van der Waals surface area contributed by atoms with Gasteiger partial charge in [-0.15, -0.1) is 0 Å². The van der Waals surface area contributed by atoms with Gasteiger partial charge in [-0.05, 0) is 41.8 Å². The summed E-state index contributed by atoms with van der Waals surface area (Å²) >= 11 is 0. The fourth-order valence-corrected chi connectivity index (χ4v) is 2.99. The number of hydrogen-bond donors (Lipinski definition) is 1. The van der Waals surface area contributed by atoms with Crippen LogP contribution >= 0.6 is 0 Å². The largest absolute Gasteiger partial charge is 0.497 e. The first-order valence-corrected chi connectivity index (χ1v) is 7.99. The lowest BCUT2D eigenvalue weighted by Crippen LogP contribution is -2.38. The van der Waals surface area contributed by atoms with Crippen molar-refractivity contribution in [3.63, 3.8) is 0 Å². The van der Waals surface area contributed by atoms with Crippen molar-refractivity contribution in [3.05, 3.63) is 59.7 Å². The highest BCUT2D eigenvalue weighted by Gasteiger charge is 2.34. The second kappa shape index (κ2) is 7.47. The Labute approximate surface area is 142 Å². The predicted octanol–water partition coefficient (Wildman–Crippen LogP) is 2.25. The third kappa shape index (κ3) is 3.75. The zero-order chi connectivity index (χ0) is 16.9. The lowest BCUT2D eigenvalue weighted by molar-refractivity contribution is -0.122. The minimum Gasteiger partial charge on any atom is -0.497 e. The topological polar surface area (TPSA) is 64.8 Å². The number of nitrogens with zero attached hydrogens (tertiary/aromatic N) is 1. The van der Waals surface area contributed by atoms with Crippen molar-refractivity contribution in [3.8, 4) is 5.75 Å². The molecule has 0 spiro atoms. The molecule has 0 amide bonds. The number of aldehydes is 1. The molecule has 1 aliphatic heterocycles. The van der Waals surface area contributed by atoms with E-state index in [1.54, 1.807) is 7.11 Å². The molecule has 1 heterocycles. The van der Waals surface area contributed by atoms with Crippen LogP contribution in [0.15, 0.2) is 48.5 Å². The summed E-state index contributed by atoms with van der Waals surface area (Å²) in [7, 11) is 1.66. The fourth-order valence-electron chi connectivity index (χ4n) is 2.99. The summed E-state index contributed by atoms with van der Waals surface area (Å²) in [4.78, 5) is 13.4. The van der Waals surface area contributed by atoms with E-state index in [0.29, 0.717) is 13.2 Å². The Balaban J connectivity index is 1.72. The molecule has 5 heteroatoms. The van der Waals surface area contributed by atoms with Gasteiger partial charge in [0.05, 0.1) is 13.7 Å². The summed E-state index contributed by atoms with van der Waals surface area (Å²) < 4.78 is 10.8. The normalized spacial score (nSPS) is 20.9. The SMILES string of the molecule is COc1ccc(C[C@H]2COC(C=O)N2Cc2ccc(N)cc2)cc1. The van der Waals surface area contributed by atoms with Gasteiger partial charge in [0.15, 0.2) is 12.5 Å². The maximum Gasteiger partial charge on any atom is 0.167 e. The highest BCUT2D eigenvalue weighted by Crippen LogP contribution is 2.23. The number of anilines is 1. The third-order valence-corrected chi connectivity index (χ3v) is 4.35. The molecule has 2 atom stereocenters. The van der Waals surface area contributed by atoms with Crippen LogP contribution in [-0.2, 0) is 22.5 Å². The van der Waals surface area contributed by atoms with Gasteiger partial charge in [0.1, 0.15) is 5.75 Å². The Kier molecular flexibility index (Phi) is 5.13. The molecule has 0 bridgehead atoms. The van der Waals surface area contributed by atoms with E-state index in [-0.39, 0.29) is 6.04 Å². The van der Waals surface area contributed by atoms with E-state index in [1.165, 1.54) is 5.56 Å². The number of hydrogen-bond acceptors (Lipinski definition) is 5. The van der Waals surface area contributed by atoms with Crippen molar-refractivity contribution in [2.45, 2.75) is 25.2 Å². The highest BCUT2D eigenvalue weighted by molar-refractivity contribution is 5.56. The van der Waals surface area contributed by atoms with E-state index in [2.05, 4.69) is 17.0 Å². The van der Waals surface area contributed by atoms with Gasteiger partial charge in [-0.3, -0.25) is 9.69 Å². The molecule has 1 saturated heterocycles. The van der Waals surface area contributed by atoms with Gasteiger partial charge >= 0.3 is 0 Å². The van der Waals surface area contributed by atoms with Crippen LogP contribution in [0.5, 0.6) is 5.75 Å². The standard InChI is InChI=1S/C19H22N2O3/c1-23-18-8-4-14(5-9-18)10-17-13-24-19(12-22)21(17)11-15-2-6-16(20)7-3-15/h2-9,12,17,19H,10-11,13,20H2,1H3/t17-,19?/m0/s1. The molecule has 0 aliphatic carbocycles. The van der Waals surface area contributed by atoms with Crippen molar-refractivity contribution < 1.29 is 14.3 Å². The molecule has 0 aromatic heterocycles. The van der Waals surface area contributed by atoms with Gasteiger partial charge in [-0.25, -0.2) is 0 Å². The number of carbonyl (C=O) groups is 1. The molecule has 3 rings (SSSR count). The van der Waals surface area contributed by atoms with Crippen LogP contribution < -0.4 is 10.5 Å². The second-order valence-electron chi connectivity index (χ2n) is 5.98. The van der Waals surface area contributed by atoms with Crippen molar-refractivity contribution in [2.75, 3.05) is 19.5 Å². The average Bonchev–Trinajstić information content (AvgIpc) is 2.99. The number of benzene rings is 2. The van der Waals surface area contributed by atoms with Crippen molar-refractivity contribution in [1.29, 1.82) is 0 Å². The number of carbonyl (C=O) groups excluding carboxylic acids is 1. The summed E-state index contributed by atoms with van der Waals surface area (Å²) in [5.41, 5.74) is 8.78. The van der Waals surface area contributed by atoms with Gasteiger partial charge in [-0.1, -0.05) is 24.3 Å². The minimum atomic E-state index is -0.495. The minimum absolute atomic E-state index is 0.158. The molecule has 0 radical (unpaired) electrons. The number of methoxy groups -OCH3 is 1. The molecule has 1 unspecified atom stereocenters. The van der Waals surface area contributed by atoms with Crippen LogP contribution in [0.2, 0.25) is 0 Å². The van der Waals surface area contributed by atoms with Crippen molar-refractivity contribution in [1.82, 2.24) is 4.90 Å². The first-order chi connectivity index (χ1) is 11.7. The van der Waals surface area contributed by atoms with Crippen LogP contribution in [0.3, 0.4) is 0 Å². The van der Waals surface area contributed by atoms with E-state index in [1.807, 2.05) is 36.4 Å². The predicted molar refractivity (Wildman–Crippen MR) is 92.7 cm³/mol. The summed E-state index contributed by atoms with van der Waals surface area (Å²) in [6.45, 7) is 1.20. The summed E-state index contributed by atoms with van der Waals surface area (Å²) in [6.07, 6.45) is 1.19. The second-order valence-corrected chi connectivity index (χ2v) is 5.98. The molecule has 1 aliphatic rings. The molecule has 5 nitrogen and oxygen atoms in total. The maximum absolute atomic E-state index is 11.3. The fraction of sp³-hybridized carbons (Fsp3) is 0.316. The Morgan fingerprint density at radius 1 is 1.17 bits per heavy atom. The van der Waals surface area contributed by atoms with Crippen LogP contribution in [0.1, 0.15) is 11.1 Å². The zero-order valence-corrected chi connectivity index (χ0v) is 13.7. The number of rotatable bonds is 6. The van der Waals surface area contributed by atoms with Gasteiger partial charge in [0.2, 0.25) is 0 Å². The lowest BCUT2D eigenvalue weighted by Gasteiger charge is -2.25. The molecule has 0 saturated carbocycles. The van der Waals surface area contributed by atoms with Crippen molar-refractivity contribution in [2.24, 2.45) is 0 Å². The molecular formula is C19H22N2O3. The van der Waals surface area contributed by atoms with Crippen LogP contribution in [0, 0.1) is 0 Å². The molecule has 2 aromatic rings. The highest BCUT2D eigenvalue weighted by atomic mass is 16.5. The molecule has 126 valence electrons. The quantitative estimate of drug-likeness (QED) is 0.651. The van der Waals surface area contributed by atoms with Gasteiger partial charge in [0, 0.05) is 18.3 Å². The van der Waals surface area contributed by atoms with E-state index >= 15 is 0 Å². The number of nitrogen functional groups attached to an aromatic ring is 1. The van der Waals surface area contributed by atoms with E-state index < -0.39 is 6.23 Å². The van der Waals surface area contributed by atoms with E-state index in [0.717, 1.165) is 29.7 Å². The molecule has 2 N–H and O–H groups in total. The smallest absolute Gasteiger partial charge is 0.167 e. The number of ether oxygens (including phenoxy) is 2. The van der Waals surface area contributed by atoms with Crippen LogP contribution in [0.25, 0.3) is 0 Å². The molecule has 24 heavy (non-hydrogen) atoms. The van der Waals surface area contributed by atoms with Gasteiger partial charge in [0.25, 0.3) is 0 Å². The average molecular weight is 326 g/mol. The maximum atomic E-state index is 11.3. The van der Waals surface area contributed by atoms with Crippen LogP contribution in [0.4, 0.5) is 5.69 Å². The van der Waals surface area contributed by atoms with Gasteiger partial charge < -0.3 is 15.2 Å².